The fourth-order valence-electron chi connectivity index (χ4n) is 2.93. The second kappa shape index (κ2) is 5.09. The summed E-state index contributed by atoms with van der Waals surface area (Å²) in [6.45, 7) is 5.92. The minimum absolute atomic E-state index is 0.483. The van der Waals surface area contributed by atoms with E-state index in [1.165, 1.54) is 50.8 Å². The van der Waals surface area contributed by atoms with Crippen LogP contribution >= 0.6 is 11.8 Å². The van der Waals surface area contributed by atoms with E-state index >= 15 is 0 Å². The van der Waals surface area contributed by atoms with E-state index in [4.69, 9.17) is 0 Å². The molecule has 1 spiro atoms. The number of hydrogen-bond donors (Lipinski definition) is 1. The Bertz CT molecular complexity index is 187. The third-order valence-corrected chi connectivity index (χ3v) is 5.87. The molecule has 2 rings (SSSR count). The maximum Gasteiger partial charge on any atom is 0.0645 e. The summed E-state index contributed by atoms with van der Waals surface area (Å²) in [5, 5.41) is 3.81. The number of nitrogens with one attached hydrogen (secondary N) is 1. The van der Waals surface area contributed by atoms with Gasteiger partial charge >= 0.3 is 0 Å². The van der Waals surface area contributed by atoms with Gasteiger partial charge in [0.2, 0.25) is 0 Å². The van der Waals surface area contributed by atoms with Gasteiger partial charge in [-0.25, -0.2) is 0 Å². The van der Waals surface area contributed by atoms with Gasteiger partial charge in [-0.15, -0.1) is 11.8 Å². The standard InChI is InChI=1S/C13H25NS/c1-3-4-12-5-7-13(8-6-12)14-9-11(2)10-15-13/h11-12,14H,3-10H2,1-2H3. The third-order valence-electron chi connectivity index (χ3n) is 4.03. The zero-order valence-corrected chi connectivity index (χ0v) is 11.0. The number of thioether (sulfide) groups is 1. The molecule has 1 unspecified atom stereocenters. The summed E-state index contributed by atoms with van der Waals surface area (Å²) in [7, 11) is 0. The molecule has 0 amide bonds. The van der Waals surface area contributed by atoms with Crippen LogP contribution in [-0.4, -0.2) is 17.2 Å². The molecule has 1 aliphatic carbocycles. The maximum atomic E-state index is 3.81. The van der Waals surface area contributed by atoms with Crippen LogP contribution in [0.15, 0.2) is 0 Å². The predicted molar refractivity (Wildman–Crippen MR) is 69.2 cm³/mol. The van der Waals surface area contributed by atoms with Gasteiger partial charge in [0.05, 0.1) is 4.87 Å². The lowest BCUT2D eigenvalue weighted by Gasteiger charge is -2.44. The van der Waals surface area contributed by atoms with Gasteiger partial charge in [-0.1, -0.05) is 26.7 Å². The highest BCUT2D eigenvalue weighted by molar-refractivity contribution is 8.00. The first kappa shape index (κ1) is 11.8. The van der Waals surface area contributed by atoms with Gasteiger partial charge in [-0.2, -0.15) is 0 Å². The summed E-state index contributed by atoms with van der Waals surface area (Å²) in [6, 6.07) is 0. The second-order valence-electron chi connectivity index (χ2n) is 5.52. The van der Waals surface area contributed by atoms with Crippen molar-refractivity contribution in [1.29, 1.82) is 0 Å². The molecule has 1 aliphatic heterocycles. The Morgan fingerprint density at radius 2 is 2.07 bits per heavy atom. The lowest BCUT2D eigenvalue weighted by atomic mass is 9.83. The van der Waals surface area contributed by atoms with Crippen LogP contribution < -0.4 is 5.32 Å². The highest BCUT2D eigenvalue weighted by atomic mass is 32.2. The SMILES string of the molecule is CCCC1CCC2(CC1)NCC(C)CS2. The van der Waals surface area contributed by atoms with Crippen molar-refractivity contribution in [1.82, 2.24) is 5.32 Å². The highest BCUT2D eigenvalue weighted by Crippen LogP contribution is 2.43. The van der Waals surface area contributed by atoms with Crippen molar-refractivity contribution in [3.05, 3.63) is 0 Å². The molecule has 1 atom stereocenters. The van der Waals surface area contributed by atoms with E-state index in [-0.39, 0.29) is 0 Å². The van der Waals surface area contributed by atoms with Crippen molar-refractivity contribution < 1.29 is 0 Å². The lowest BCUT2D eigenvalue weighted by molar-refractivity contribution is 0.244. The first-order valence-electron chi connectivity index (χ1n) is 6.63. The molecule has 2 aliphatic rings. The van der Waals surface area contributed by atoms with E-state index in [2.05, 4.69) is 30.9 Å². The summed E-state index contributed by atoms with van der Waals surface area (Å²) in [5.74, 6) is 3.27. The Labute approximate surface area is 98.8 Å². The van der Waals surface area contributed by atoms with Crippen molar-refractivity contribution >= 4 is 11.8 Å². The van der Waals surface area contributed by atoms with Crippen LogP contribution in [0.1, 0.15) is 52.4 Å². The molecule has 0 aromatic heterocycles. The van der Waals surface area contributed by atoms with Crippen molar-refractivity contribution in [2.75, 3.05) is 12.3 Å². The zero-order chi connectivity index (χ0) is 10.7. The summed E-state index contributed by atoms with van der Waals surface area (Å²) in [4.78, 5) is 0.483. The van der Waals surface area contributed by atoms with E-state index in [9.17, 15) is 0 Å². The summed E-state index contributed by atoms with van der Waals surface area (Å²) in [5.41, 5.74) is 0. The van der Waals surface area contributed by atoms with Crippen LogP contribution in [0.5, 0.6) is 0 Å². The number of rotatable bonds is 2. The molecular weight excluding hydrogens is 202 g/mol. The van der Waals surface area contributed by atoms with E-state index < -0.39 is 0 Å². The average Bonchev–Trinajstić information content (AvgIpc) is 2.27. The van der Waals surface area contributed by atoms with E-state index in [1.54, 1.807) is 0 Å². The molecule has 1 saturated carbocycles. The van der Waals surface area contributed by atoms with Crippen molar-refractivity contribution in [2.24, 2.45) is 11.8 Å². The van der Waals surface area contributed by atoms with Crippen molar-refractivity contribution in [3.8, 4) is 0 Å². The maximum absolute atomic E-state index is 3.81. The van der Waals surface area contributed by atoms with Gasteiger partial charge in [-0.05, 0) is 49.8 Å². The van der Waals surface area contributed by atoms with E-state index in [1.807, 2.05) is 0 Å². The average molecular weight is 227 g/mol. The minimum atomic E-state index is 0.483. The predicted octanol–water partition coefficient (Wildman–Crippen LogP) is 3.65. The fourth-order valence-corrected chi connectivity index (χ4v) is 4.37. The van der Waals surface area contributed by atoms with Crippen LogP contribution in [0.4, 0.5) is 0 Å². The minimum Gasteiger partial charge on any atom is -0.303 e. The Morgan fingerprint density at radius 3 is 2.60 bits per heavy atom. The smallest absolute Gasteiger partial charge is 0.0645 e. The molecule has 0 aromatic rings. The van der Waals surface area contributed by atoms with Gasteiger partial charge < -0.3 is 5.32 Å². The fraction of sp³-hybridized carbons (Fsp3) is 1.00. The van der Waals surface area contributed by atoms with Gasteiger partial charge in [0, 0.05) is 0 Å². The first-order valence-corrected chi connectivity index (χ1v) is 7.61. The number of hydrogen-bond acceptors (Lipinski definition) is 2. The molecular formula is C13H25NS. The molecule has 2 heteroatoms. The quantitative estimate of drug-likeness (QED) is 0.773. The van der Waals surface area contributed by atoms with Gasteiger partial charge in [0.25, 0.3) is 0 Å². The Balaban J connectivity index is 1.81. The summed E-state index contributed by atoms with van der Waals surface area (Å²) < 4.78 is 0. The lowest BCUT2D eigenvalue weighted by Crippen LogP contribution is -2.50. The molecule has 88 valence electrons. The largest absolute Gasteiger partial charge is 0.303 e. The molecule has 1 N–H and O–H groups in total. The van der Waals surface area contributed by atoms with Gasteiger partial charge in [0.15, 0.2) is 0 Å². The van der Waals surface area contributed by atoms with Crippen LogP contribution in [0.2, 0.25) is 0 Å². The van der Waals surface area contributed by atoms with Crippen LogP contribution in [0.3, 0.4) is 0 Å². The molecule has 1 heterocycles. The topological polar surface area (TPSA) is 12.0 Å². The monoisotopic (exact) mass is 227 g/mol. The van der Waals surface area contributed by atoms with Crippen LogP contribution in [0, 0.1) is 11.8 Å². The zero-order valence-electron chi connectivity index (χ0n) is 10.2. The van der Waals surface area contributed by atoms with Gasteiger partial charge in [0.1, 0.15) is 0 Å². The van der Waals surface area contributed by atoms with E-state index in [0.717, 1.165) is 11.8 Å². The summed E-state index contributed by atoms with van der Waals surface area (Å²) >= 11 is 2.20. The molecule has 15 heavy (non-hydrogen) atoms. The molecule has 0 bridgehead atoms. The third kappa shape index (κ3) is 2.91. The summed E-state index contributed by atoms with van der Waals surface area (Å²) in [6.07, 6.45) is 8.57. The second-order valence-corrected chi connectivity index (χ2v) is 6.93. The van der Waals surface area contributed by atoms with Crippen LogP contribution in [-0.2, 0) is 0 Å². The molecule has 0 radical (unpaired) electrons. The van der Waals surface area contributed by atoms with Crippen molar-refractivity contribution in [3.63, 3.8) is 0 Å². The normalized spacial score (nSPS) is 42.0. The molecule has 1 nitrogen and oxygen atoms in total. The first-order chi connectivity index (χ1) is 7.24. The Kier molecular flexibility index (Phi) is 4.00. The van der Waals surface area contributed by atoms with E-state index in [0.29, 0.717) is 4.87 Å². The molecule has 2 fully saturated rings. The van der Waals surface area contributed by atoms with Crippen LogP contribution in [0.25, 0.3) is 0 Å². The Morgan fingerprint density at radius 1 is 1.33 bits per heavy atom. The van der Waals surface area contributed by atoms with Gasteiger partial charge in [-0.3, -0.25) is 0 Å². The molecule has 1 saturated heterocycles. The van der Waals surface area contributed by atoms with Crippen molar-refractivity contribution in [2.45, 2.75) is 57.2 Å². The Hall–Kier alpha value is 0.310. The highest BCUT2D eigenvalue weighted by Gasteiger charge is 2.37. The molecule has 0 aromatic carbocycles.